The molecule has 2 heterocycles. The molecule has 2 aromatic heterocycles. The number of carbonyl (C=O) groups excluding carboxylic acids is 1. The number of halogens is 3. The number of ketones is 1. The molecule has 3 N–H and O–H groups in total. The number of thioether (sulfide) groups is 2. The maximum absolute atomic E-state index is 13.0. The van der Waals surface area contributed by atoms with Crippen LogP contribution in [0.15, 0.2) is 24.8 Å². The number of aromatic nitrogens is 4. The molecule has 0 aromatic carbocycles. The maximum Gasteiger partial charge on any atom is 0.574 e. The summed E-state index contributed by atoms with van der Waals surface area (Å²) in [5.41, 5.74) is -0.0113. The summed E-state index contributed by atoms with van der Waals surface area (Å²) in [5, 5.41) is 7.79. The largest absolute Gasteiger partial charge is 0.574 e. The second kappa shape index (κ2) is 13.7. The third-order valence-electron chi connectivity index (χ3n) is 4.30. The van der Waals surface area contributed by atoms with Crippen molar-refractivity contribution in [1.82, 2.24) is 19.9 Å². The van der Waals surface area contributed by atoms with Gasteiger partial charge in [-0.05, 0) is 0 Å². The van der Waals surface area contributed by atoms with Gasteiger partial charge in [0.2, 0.25) is 11.8 Å². The lowest BCUT2D eigenvalue weighted by Crippen LogP contribution is -2.19. The van der Waals surface area contributed by atoms with Gasteiger partial charge in [-0.15, -0.1) is 13.2 Å². The lowest BCUT2D eigenvalue weighted by Gasteiger charge is -2.19. The van der Waals surface area contributed by atoms with E-state index in [1.165, 1.54) is 6.20 Å². The van der Waals surface area contributed by atoms with Gasteiger partial charge in [0.1, 0.15) is 5.78 Å². The number of alkyl halides is 3. The van der Waals surface area contributed by atoms with Crippen LogP contribution in [0.4, 0.5) is 13.2 Å². The second-order valence-corrected chi connectivity index (χ2v) is 13.1. The summed E-state index contributed by atoms with van der Waals surface area (Å²) in [6.45, 7) is 0. The van der Waals surface area contributed by atoms with Crippen molar-refractivity contribution >= 4 is 49.5 Å². The fraction of sp³-hybridized carbons (Fsp3) is 0.500. The van der Waals surface area contributed by atoms with Gasteiger partial charge in [0.05, 0.1) is 45.8 Å². The van der Waals surface area contributed by atoms with E-state index >= 15 is 0 Å². The van der Waals surface area contributed by atoms with Crippen LogP contribution in [0.1, 0.15) is 34.7 Å². The number of hydrogen-bond donors (Lipinski definition) is 3. The Morgan fingerprint density at radius 1 is 0.868 bits per heavy atom. The Morgan fingerprint density at radius 3 is 1.79 bits per heavy atom. The number of rotatable bonds is 15. The highest BCUT2D eigenvalue weighted by molar-refractivity contribution is 8.00. The van der Waals surface area contributed by atoms with E-state index in [9.17, 15) is 39.9 Å². The molecule has 0 radical (unpaired) electrons. The fourth-order valence-corrected chi connectivity index (χ4v) is 7.00. The Kier molecular flexibility index (Phi) is 11.5. The molecule has 20 heteroatoms. The average Bonchev–Trinajstić information content (AvgIpc) is 2.75. The molecule has 38 heavy (non-hydrogen) atoms. The van der Waals surface area contributed by atoms with E-state index in [1.54, 1.807) is 0 Å². The van der Waals surface area contributed by atoms with Crippen LogP contribution in [0.5, 0.6) is 11.8 Å². The minimum Gasteiger partial charge on any atom is -0.492 e. The van der Waals surface area contributed by atoms with Gasteiger partial charge >= 0.3 is 6.36 Å². The SMILES string of the molecule is O=C(CC(SCCS(=O)(=O)O)c1cncc(O)n1)CC(SCCS(=O)(=O)O)c1cncc(OC(F)(F)F)n1. The second-order valence-electron chi connectivity index (χ2n) is 7.37. The van der Waals surface area contributed by atoms with Crippen molar-refractivity contribution in [2.75, 3.05) is 23.0 Å². The first kappa shape index (κ1) is 32.0. The van der Waals surface area contributed by atoms with Crippen LogP contribution in [0.3, 0.4) is 0 Å². The first-order valence-electron chi connectivity index (χ1n) is 10.2. The Morgan fingerprint density at radius 2 is 1.34 bits per heavy atom. The van der Waals surface area contributed by atoms with Gasteiger partial charge < -0.3 is 9.84 Å². The van der Waals surface area contributed by atoms with Crippen molar-refractivity contribution in [2.24, 2.45) is 0 Å². The highest BCUT2D eigenvalue weighted by Gasteiger charge is 2.32. The topological polar surface area (TPSA) is 207 Å². The molecular formula is C18H21F3N4O9S4. The first-order valence-corrected chi connectivity index (χ1v) is 15.6. The lowest BCUT2D eigenvalue weighted by atomic mass is 10.1. The van der Waals surface area contributed by atoms with Gasteiger partial charge in [-0.1, -0.05) is 0 Å². The van der Waals surface area contributed by atoms with E-state index in [0.717, 1.165) is 35.9 Å². The van der Waals surface area contributed by atoms with Gasteiger partial charge in [-0.2, -0.15) is 40.4 Å². The van der Waals surface area contributed by atoms with Gasteiger partial charge in [-0.3, -0.25) is 23.9 Å². The van der Waals surface area contributed by atoms with Crippen molar-refractivity contribution in [2.45, 2.75) is 29.7 Å². The molecule has 212 valence electrons. The molecule has 2 rings (SSSR count). The van der Waals surface area contributed by atoms with Gasteiger partial charge in [0.15, 0.2) is 0 Å². The molecule has 0 spiro atoms. The Hall–Kier alpha value is -2.26. The Bertz CT molecular complexity index is 1310. The summed E-state index contributed by atoms with van der Waals surface area (Å²) in [7, 11) is -8.68. The van der Waals surface area contributed by atoms with Crippen molar-refractivity contribution < 1.29 is 53.8 Å². The first-order chi connectivity index (χ1) is 17.5. The van der Waals surface area contributed by atoms with Crippen LogP contribution in [-0.2, 0) is 25.0 Å². The molecule has 2 aromatic rings. The smallest absolute Gasteiger partial charge is 0.492 e. The highest BCUT2D eigenvalue weighted by Crippen LogP contribution is 2.36. The van der Waals surface area contributed by atoms with Crippen LogP contribution < -0.4 is 4.74 Å². The number of carbonyl (C=O) groups is 1. The van der Waals surface area contributed by atoms with E-state index in [-0.39, 0.29) is 35.7 Å². The number of Topliss-reactive ketones (excluding diaryl/α,β-unsaturated/α-hetero) is 1. The zero-order valence-electron chi connectivity index (χ0n) is 19.1. The summed E-state index contributed by atoms with van der Waals surface area (Å²) >= 11 is 1.74. The van der Waals surface area contributed by atoms with Crippen molar-refractivity contribution in [3.8, 4) is 11.8 Å². The molecule has 0 saturated heterocycles. The van der Waals surface area contributed by atoms with E-state index < -0.39 is 66.1 Å². The summed E-state index contributed by atoms with van der Waals surface area (Å²) in [6.07, 6.45) is -1.73. The fourth-order valence-electron chi connectivity index (χ4n) is 2.80. The lowest BCUT2D eigenvalue weighted by molar-refractivity contribution is -0.276. The average molecular weight is 623 g/mol. The molecule has 0 saturated carbocycles. The van der Waals surface area contributed by atoms with Crippen LogP contribution in [0.2, 0.25) is 0 Å². The van der Waals surface area contributed by atoms with Gasteiger partial charge in [-0.25, -0.2) is 9.97 Å². The molecule has 0 aliphatic heterocycles. The molecule has 2 unspecified atom stereocenters. The highest BCUT2D eigenvalue weighted by atomic mass is 32.2. The number of ether oxygens (including phenoxy) is 1. The molecule has 0 aliphatic carbocycles. The molecule has 0 aliphatic rings. The number of nitrogens with zero attached hydrogens (tertiary/aromatic N) is 4. The third kappa shape index (κ3) is 13.0. The minimum absolute atomic E-state index is 0.120. The van der Waals surface area contributed by atoms with Crippen molar-refractivity contribution in [3.63, 3.8) is 0 Å². The maximum atomic E-state index is 13.0. The molecule has 2 atom stereocenters. The molecule has 0 fully saturated rings. The van der Waals surface area contributed by atoms with E-state index in [2.05, 4.69) is 24.7 Å². The summed E-state index contributed by atoms with van der Waals surface area (Å²) in [6, 6.07) is 0. The van der Waals surface area contributed by atoms with Gasteiger partial charge in [0.25, 0.3) is 20.2 Å². The Balaban J connectivity index is 2.25. The standard InChI is InChI=1S/C18H21F3N4O9S4/c19-18(20,21)34-17-10-23-8-13(25-17)15(36-2-4-38(31,32)33)6-11(26)5-14(35-1-3-37(28,29)30)12-7-22-9-16(27)24-12/h7-10,14-15H,1-6H2,(H,24,27)(H,28,29,30)(H,31,32,33). The van der Waals surface area contributed by atoms with E-state index in [0.29, 0.717) is 6.20 Å². The van der Waals surface area contributed by atoms with Crippen molar-refractivity contribution in [1.29, 1.82) is 0 Å². The predicted molar refractivity (Wildman–Crippen MR) is 130 cm³/mol. The number of hydrogen-bond acceptors (Lipinski definition) is 13. The zero-order chi connectivity index (χ0) is 28.6. The van der Waals surface area contributed by atoms with E-state index in [1.807, 2.05) is 0 Å². The molecule has 0 bridgehead atoms. The molecule has 13 nitrogen and oxygen atoms in total. The van der Waals surface area contributed by atoms with Crippen LogP contribution >= 0.6 is 23.5 Å². The van der Waals surface area contributed by atoms with Gasteiger partial charge in [0, 0.05) is 36.7 Å². The predicted octanol–water partition coefficient (Wildman–Crippen LogP) is 2.24. The summed E-state index contributed by atoms with van der Waals surface area (Å²) < 4.78 is 104. The molecular weight excluding hydrogens is 601 g/mol. The monoisotopic (exact) mass is 622 g/mol. The molecule has 0 amide bonds. The normalized spacial score (nSPS) is 14.1. The van der Waals surface area contributed by atoms with E-state index in [4.69, 9.17) is 9.11 Å². The Labute approximate surface area is 223 Å². The summed E-state index contributed by atoms with van der Waals surface area (Å²) in [4.78, 5) is 28.0. The zero-order valence-corrected chi connectivity index (χ0v) is 22.3. The van der Waals surface area contributed by atoms with Crippen molar-refractivity contribution in [3.05, 3.63) is 36.2 Å². The van der Waals surface area contributed by atoms with Crippen LogP contribution in [-0.4, -0.2) is 86.1 Å². The van der Waals surface area contributed by atoms with Crippen LogP contribution in [0.25, 0.3) is 0 Å². The third-order valence-corrected chi connectivity index (χ3v) is 8.76. The summed E-state index contributed by atoms with van der Waals surface area (Å²) in [5.74, 6) is -3.63. The minimum atomic E-state index is -5.06. The number of aromatic hydroxyl groups is 1. The van der Waals surface area contributed by atoms with Crippen LogP contribution in [0, 0.1) is 0 Å². The quantitative estimate of drug-likeness (QED) is 0.243.